The minimum absolute atomic E-state index is 0.214. The number of rotatable bonds is 3. The lowest BCUT2D eigenvalue weighted by Gasteiger charge is -2.11. The number of carbonyl (C=O) groups excluding carboxylic acids is 1. The second kappa shape index (κ2) is 5.24. The third kappa shape index (κ3) is 2.51. The van der Waals surface area contributed by atoms with Crippen LogP contribution >= 0.6 is 0 Å². The molecule has 3 heteroatoms. The van der Waals surface area contributed by atoms with Crippen molar-refractivity contribution in [1.29, 1.82) is 0 Å². The molecular formula is C16H15NO2. The molecule has 19 heavy (non-hydrogen) atoms. The van der Waals surface area contributed by atoms with Gasteiger partial charge in [-0.15, -0.1) is 0 Å². The van der Waals surface area contributed by atoms with Gasteiger partial charge in [-0.25, -0.2) is 4.79 Å². The average molecular weight is 253 g/mol. The molecule has 0 amide bonds. The Morgan fingerprint density at radius 3 is 2.68 bits per heavy atom. The first-order valence-electron chi connectivity index (χ1n) is 6.36. The van der Waals surface area contributed by atoms with Crippen LogP contribution < -0.4 is 5.32 Å². The molecule has 96 valence electrons. The Morgan fingerprint density at radius 2 is 1.84 bits per heavy atom. The minimum Gasteiger partial charge on any atom is -0.459 e. The Kier molecular flexibility index (Phi) is 3.29. The van der Waals surface area contributed by atoms with E-state index in [-0.39, 0.29) is 12.0 Å². The van der Waals surface area contributed by atoms with Crippen molar-refractivity contribution in [2.45, 2.75) is 19.2 Å². The number of carbonyl (C=O) groups is 1. The summed E-state index contributed by atoms with van der Waals surface area (Å²) < 4.78 is 5.37. The molecule has 1 aliphatic rings. The zero-order chi connectivity index (χ0) is 13.1. The van der Waals surface area contributed by atoms with E-state index >= 15 is 0 Å². The van der Waals surface area contributed by atoms with E-state index in [4.69, 9.17) is 4.74 Å². The molecule has 0 bridgehead atoms. The molecule has 0 aliphatic carbocycles. The first kappa shape index (κ1) is 11.9. The molecule has 1 N–H and O–H groups in total. The molecule has 0 aromatic heterocycles. The fourth-order valence-electron chi connectivity index (χ4n) is 2.32. The number of benzene rings is 2. The number of hydrogen-bond acceptors (Lipinski definition) is 3. The van der Waals surface area contributed by atoms with Crippen molar-refractivity contribution in [1.82, 2.24) is 5.32 Å². The summed E-state index contributed by atoms with van der Waals surface area (Å²) in [5.74, 6) is -0.214. The number of ether oxygens (including phenoxy) is 1. The van der Waals surface area contributed by atoms with Gasteiger partial charge in [-0.3, -0.25) is 5.32 Å². The average Bonchev–Trinajstić information content (AvgIpc) is 2.90. The summed E-state index contributed by atoms with van der Waals surface area (Å²) in [6.07, 6.45) is 0. The first-order chi connectivity index (χ1) is 9.34. The maximum atomic E-state index is 12.1. The summed E-state index contributed by atoms with van der Waals surface area (Å²) in [6, 6.07) is 17.3. The Balaban J connectivity index is 1.66. The van der Waals surface area contributed by atoms with Crippen molar-refractivity contribution in [2.24, 2.45) is 0 Å². The number of fused-ring (bicyclic) bond motifs is 1. The summed E-state index contributed by atoms with van der Waals surface area (Å²) in [5.41, 5.74) is 3.20. The Morgan fingerprint density at radius 1 is 1.11 bits per heavy atom. The van der Waals surface area contributed by atoms with E-state index in [1.165, 1.54) is 5.56 Å². The molecule has 0 spiro atoms. The van der Waals surface area contributed by atoms with Crippen molar-refractivity contribution < 1.29 is 9.53 Å². The van der Waals surface area contributed by atoms with E-state index in [2.05, 4.69) is 5.32 Å². The highest BCUT2D eigenvalue weighted by atomic mass is 16.5. The summed E-state index contributed by atoms with van der Waals surface area (Å²) in [6.45, 7) is 1.04. The van der Waals surface area contributed by atoms with Gasteiger partial charge in [-0.2, -0.15) is 0 Å². The van der Waals surface area contributed by atoms with Crippen molar-refractivity contribution in [3.8, 4) is 0 Å². The Labute approximate surface area is 112 Å². The Bertz CT molecular complexity index is 580. The van der Waals surface area contributed by atoms with Gasteiger partial charge in [0.05, 0.1) is 0 Å². The van der Waals surface area contributed by atoms with E-state index < -0.39 is 0 Å². The molecule has 0 saturated carbocycles. The molecular weight excluding hydrogens is 238 g/mol. The van der Waals surface area contributed by atoms with Gasteiger partial charge in [-0.1, -0.05) is 54.6 Å². The second-order valence-corrected chi connectivity index (χ2v) is 4.61. The zero-order valence-corrected chi connectivity index (χ0v) is 10.5. The second-order valence-electron chi connectivity index (χ2n) is 4.61. The summed E-state index contributed by atoms with van der Waals surface area (Å²) >= 11 is 0. The molecule has 1 atom stereocenters. The molecule has 1 heterocycles. The van der Waals surface area contributed by atoms with Gasteiger partial charge >= 0.3 is 5.97 Å². The van der Waals surface area contributed by atoms with Crippen LogP contribution in [0.15, 0.2) is 54.6 Å². The summed E-state index contributed by atoms with van der Waals surface area (Å²) in [7, 11) is 0. The van der Waals surface area contributed by atoms with Crippen LogP contribution in [0.3, 0.4) is 0 Å². The van der Waals surface area contributed by atoms with Crippen molar-refractivity contribution >= 4 is 5.97 Å². The number of nitrogens with one attached hydrogen (secondary N) is 1. The van der Waals surface area contributed by atoms with Gasteiger partial charge in [0.25, 0.3) is 0 Å². The summed E-state index contributed by atoms with van der Waals surface area (Å²) in [5, 5.41) is 3.18. The van der Waals surface area contributed by atoms with Gasteiger partial charge in [0.1, 0.15) is 12.6 Å². The zero-order valence-electron chi connectivity index (χ0n) is 10.5. The molecule has 3 nitrogen and oxygen atoms in total. The Hall–Kier alpha value is -2.13. The van der Waals surface area contributed by atoms with Crippen LogP contribution in [0.5, 0.6) is 0 Å². The summed E-state index contributed by atoms with van der Waals surface area (Å²) in [4.78, 5) is 12.1. The lowest BCUT2D eigenvalue weighted by molar-refractivity contribution is -0.147. The van der Waals surface area contributed by atoms with E-state index in [0.717, 1.165) is 17.7 Å². The van der Waals surface area contributed by atoms with Crippen LogP contribution in [0.4, 0.5) is 0 Å². The molecule has 2 aromatic rings. The maximum absolute atomic E-state index is 12.1. The molecule has 3 rings (SSSR count). The minimum atomic E-state index is -0.333. The van der Waals surface area contributed by atoms with E-state index in [1.807, 2.05) is 54.6 Å². The molecule has 1 aliphatic heterocycles. The normalized spacial score (nSPS) is 16.9. The van der Waals surface area contributed by atoms with Crippen LogP contribution in [-0.4, -0.2) is 5.97 Å². The smallest absolute Gasteiger partial charge is 0.328 e. The van der Waals surface area contributed by atoms with Crippen LogP contribution in [0.2, 0.25) is 0 Å². The standard InChI is InChI=1S/C16H15NO2/c18-16(19-11-12-6-2-1-3-7-12)15-14-9-5-4-8-13(14)10-17-15/h1-9,15,17H,10-11H2. The highest BCUT2D eigenvalue weighted by Gasteiger charge is 2.28. The molecule has 0 fully saturated rings. The molecule has 1 unspecified atom stereocenters. The number of esters is 1. The fraction of sp³-hybridized carbons (Fsp3) is 0.188. The highest BCUT2D eigenvalue weighted by molar-refractivity contribution is 5.79. The number of hydrogen-bond donors (Lipinski definition) is 1. The highest BCUT2D eigenvalue weighted by Crippen LogP contribution is 2.26. The van der Waals surface area contributed by atoms with Crippen molar-refractivity contribution in [2.75, 3.05) is 0 Å². The largest absolute Gasteiger partial charge is 0.459 e. The van der Waals surface area contributed by atoms with E-state index in [9.17, 15) is 4.79 Å². The van der Waals surface area contributed by atoms with Crippen LogP contribution in [-0.2, 0) is 22.7 Å². The SMILES string of the molecule is O=C(OCc1ccccc1)C1NCc2ccccc21. The lowest BCUT2D eigenvalue weighted by atomic mass is 10.1. The predicted molar refractivity (Wildman–Crippen MR) is 72.3 cm³/mol. The third-order valence-electron chi connectivity index (χ3n) is 3.32. The maximum Gasteiger partial charge on any atom is 0.328 e. The van der Waals surface area contributed by atoms with Gasteiger partial charge in [-0.05, 0) is 16.7 Å². The quantitative estimate of drug-likeness (QED) is 0.854. The first-order valence-corrected chi connectivity index (χ1v) is 6.36. The fourth-order valence-corrected chi connectivity index (χ4v) is 2.32. The predicted octanol–water partition coefficient (Wildman–Crippen LogP) is 2.57. The monoisotopic (exact) mass is 253 g/mol. The van der Waals surface area contributed by atoms with Crippen LogP contribution in [0, 0.1) is 0 Å². The van der Waals surface area contributed by atoms with Crippen molar-refractivity contribution in [3.05, 3.63) is 71.3 Å². The van der Waals surface area contributed by atoms with Gasteiger partial charge in [0.2, 0.25) is 0 Å². The van der Waals surface area contributed by atoms with Gasteiger partial charge < -0.3 is 4.74 Å². The van der Waals surface area contributed by atoms with Crippen molar-refractivity contribution in [3.63, 3.8) is 0 Å². The molecule has 2 aromatic carbocycles. The third-order valence-corrected chi connectivity index (χ3v) is 3.32. The van der Waals surface area contributed by atoms with Gasteiger partial charge in [0, 0.05) is 6.54 Å². The van der Waals surface area contributed by atoms with E-state index in [1.54, 1.807) is 0 Å². The topological polar surface area (TPSA) is 38.3 Å². The van der Waals surface area contributed by atoms with E-state index in [0.29, 0.717) is 6.61 Å². The van der Waals surface area contributed by atoms with Gasteiger partial charge in [0.15, 0.2) is 0 Å². The van der Waals surface area contributed by atoms with Crippen LogP contribution in [0.25, 0.3) is 0 Å². The molecule has 0 saturated heterocycles. The molecule has 0 radical (unpaired) electrons. The lowest BCUT2D eigenvalue weighted by Crippen LogP contribution is -2.24. The van der Waals surface area contributed by atoms with Crippen LogP contribution in [0.1, 0.15) is 22.7 Å².